The first-order chi connectivity index (χ1) is 7.22. The van der Waals surface area contributed by atoms with E-state index in [1.807, 2.05) is 17.7 Å². The van der Waals surface area contributed by atoms with Crippen LogP contribution in [0, 0.1) is 0 Å². The van der Waals surface area contributed by atoms with E-state index in [1.54, 1.807) is 19.4 Å². The Morgan fingerprint density at radius 2 is 2.47 bits per heavy atom. The minimum atomic E-state index is -0.213. The van der Waals surface area contributed by atoms with Crippen LogP contribution < -0.4 is 5.32 Å². The highest BCUT2D eigenvalue weighted by atomic mass is 16.5. The standard InChI is InChI=1S/C10H17N3O2/c1-3-15-10(14)6-12-9(2)7-13-5-4-11-8-13/h4-5,8-9,12H,3,6-7H2,1-2H3. The van der Waals surface area contributed by atoms with Gasteiger partial charge < -0.3 is 14.6 Å². The topological polar surface area (TPSA) is 56.1 Å². The first-order valence-electron chi connectivity index (χ1n) is 5.07. The Morgan fingerprint density at radius 1 is 1.67 bits per heavy atom. The van der Waals surface area contributed by atoms with E-state index in [-0.39, 0.29) is 18.6 Å². The molecule has 1 aromatic heterocycles. The Bertz CT molecular complexity index is 285. The van der Waals surface area contributed by atoms with Crippen LogP contribution in [-0.2, 0) is 16.1 Å². The molecule has 84 valence electrons. The fourth-order valence-electron chi connectivity index (χ4n) is 1.25. The Kier molecular flexibility index (Phi) is 4.83. The van der Waals surface area contributed by atoms with Crippen molar-refractivity contribution in [3.63, 3.8) is 0 Å². The maximum absolute atomic E-state index is 11.0. The van der Waals surface area contributed by atoms with Crippen molar-refractivity contribution in [1.29, 1.82) is 0 Å². The molecule has 0 aromatic carbocycles. The molecule has 0 spiro atoms. The molecule has 1 aromatic rings. The van der Waals surface area contributed by atoms with Crippen LogP contribution in [0.2, 0.25) is 0 Å². The lowest BCUT2D eigenvalue weighted by atomic mass is 10.3. The van der Waals surface area contributed by atoms with Crippen molar-refractivity contribution in [3.8, 4) is 0 Å². The van der Waals surface area contributed by atoms with E-state index >= 15 is 0 Å². The molecule has 1 N–H and O–H groups in total. The number of carbonyl (C=O) groups is 1. The number of carbonyl (C=O) groups excluding carboxylic acids is 1. The molecule has 0 radical (unpaired) electrons. The van der Waals surface area contributed by atoms with Gasteiger partial charge in [-0.2, -0.15) is 0 Å². The van der Waals surface area contributed by atoms with Crippen LogP contribution in [0.25, 0.3) is 0 Å². The van der Waals surface area contributed by atoms with Gasteiger partial charge >= 0.3 is 5.97 Å². The van der Waals surface area contributed by atoms with Crippen molar-refractivity contribution >= 4 is 5.97 Å². The van der Waals surface area contributed by atoms with Gasteiger partial charge in [-0.05, 0) is 13.8 Å². The van der Waals surface area contributed by atoms with E-state index in [9.17, 15) is 4.79 Å². The monoisotopic (exact) mass is 211 g/mol. The molecular weight excluding hydrogens is 194 g/mol. The summed E-state index contributed by atoms with van der Waals surface area (Å²) in [6, 6.07) is 0.212. The van der Waals surface area contributed by atoms with Crippen molar-refractivity contribution in [2.24, 2.45) is 0 Å². The number of imidazole rings is 1. The molecule has 0 bridgehead atoms. The smallest absolute Gasteiger partial charge is 0.319 e. The molecule has 15 heavy (non-hydrogen) atoms. The van der Waals surface area contributed by atoms with Gasteiger partial charge in [0.1, 0.15) is 0 Å². The molecule has 0 aliphatic heterocycles. The number of aromatic nitrogens is 2. The predicted octanol–water partition coefficient (Wildman–Crippen LogP) is 0.424. The second-order valence-corrected chi connectivity index (χ2v) is 3.35. The predicted molar refractivity (Wildman–Crippen MR) is 56.3 cm³/mol. The summed E-state index contributed by atoms with van der Waals surface area (Å²) in [7, 11) is 0. The average Bonchev–Trinajstić information content (AvgIpc) is 2.68. The van der Waals surface area contributed by atoms with Crippen molar-refractivity contribution in [3.05, 3.63) is 18.7 Å². The summed E-state index contributed by atoms with van der Waals surface area (Å²) in [5.74, 6) is -0.213. The van der Waals surface area contributed by atoms with Gasteiger partial charge in [0, 0.05) is 25.0 Å². The SMILES string of the molecule is CCOC(=O)CNC(C)Cn1ccnc1. The molecule has 5 heteroatoms. The molecule has 0 aliphatic carbocycles. The molecule has 1 unspecified atom stereocenters. The van der Waals surface area contributed by atoms with Crippen LogP contribution in [0.5, 0.6) is 0 Å². The van der Waals surface area contributed by atoms with Gasteiger partial charge in [-0.1, -0.05) is 0 Å². The van der Waals surface area contributed by atoms with E-state index in [1.165, 1.54) is 0 Å². The average molecular weight is 211 g/mol. The van der Waals surface area contributed by atoms with E-state index in [4.69, 9.17) is 4.74 Å². The maximum atomic E-state index is 11.0. The number of nitrogens with one attached hydrogen (secondary N) is 1. The summed E-state index contributed by atoms with van der Waals surface area (Å²) in [6.45, 7) is 5.28. The molecule has 0 aliphatic rings. The highest BCUT2D eigenvalue weighted by Gasteiger charge is 2.05. The number of hydrogen-bond donors (Lipinski definition) is 1. The van der Waals surface area contributed by atoms with Crippen LogP contribution in [0.15, 0.2) is 18.7 Å². The number of ether oxygens (including phenoxy) is 1. The van der Waals surface area contributed by atoms with E-state index in [0.717, 1.165) is 6.54 Å². The zero-order chi connectivity index (χ0) is 11.1. The second kappa shape index (κ2) is 6.19. The third kappa shape index (κ3) is 4.60. The lowest BCUT2D eigenvalue weighted by Gasteiger charge is -2.13. The molecule has 0 saturated carbocycles. The van der Waals surface area contributed by atoms with Gasteiger partial charge in [0.25, 0.3) is 0 Å². The van der Waals surface area contributed by atoms with Crippen LogP contribution in [0.4, 0.5) is 0 Å². The largest absolute Gasteiger partial charge is 0.465 e. The minimum absolute atomic E-state index is 0.212. The highest BCUT2D eigenvalue weighted by Crippen LogP contribution is 1.91. The summed E-state index contributed by atoms with van der Waals surface area (Å²) in [4.78, 5) is 15.0. The number of nitrogens with zero attached hydrogens (tertiary/aromatic N) is 2. The summed E-state index contributed by atoms with van der Waals surface area (Å²) in [5.41, 5.74) is 0. The van der Waals surface area contributed by atoms with E-state index in [2.05, 4.69) is 10.3 Å². The van der Waals surface area contributed by atoms with Crippen molar-refractivity contribution in [2.45, 2.75) is 26.4 Å². The maximum Gasteiger partial charge on any atom is 0.319 e. The van der Waals surface area contributed by atoms with Gasteiger partial charge in [-0.25, -0.2) is 4.98 Å². The fraction of sp³-hybridized carbons (Fsp3) is 0.600. The van der Waals surface area contributed by atoms with Crippen molar-refractivity contribution in [1.82, 2.24) is 14.9 Å². The van der Waals surface area contributed by atoms with Crippen LogP contribution >= 0.6 is 0 Å². The summed E-state index contributed by atoms with van der Waals surface area (Å²) in [5, 5.41) is 3.08. The van der Waals surface area contributed by atoms with Crippen molar-refractivity contribution < 1.29 is 9.53 Å². The summed E-state index contributed by atoms with van der Waals surface area (Å²) >= 11 is 0. The third-order valence-corrected chi connectivity index (χ3v) is 1.94. The Labute approximate surface area is 89.4 Å². The third-order valence-electron chi connectivity index (χ3n) is 1.94. The lowest BCUT2D eigenvalue weighted by Crippen LogP contribution is -2.35. The molecule has 1 rings (SSSR count). The van der Waals surface area contributed by atoms with Crippen LogP contribution in [-0.4, -0.2) is 34.7 Å². The van der Waals surface area contributed by atoms with Crippen molar-refractivity contribution in [2.75, 3.05) is 13.2 Å². The molecule has 1 heterocycles. The number of rotatable bonds is 6. The summed E-state index contributed by atoms with van der Waals surface area (Å²) in [6.07, 6.45) is 5.38. The lowest BCUT2D eigenvalue weighted by molar-refractivity contribution is -0.142. The Balaban J connectivity index is 2.19. The zero-order valence-corrected chi connectivity index (χ0v) is 9.14. The number of hydrogen-bond acceptors (Lipinski definition) is 4. The first kappa shape index (κ1) is 11.7. The molecular formula is C10H17N3O2. The Hall–Kier alpha value is -1.36. The fourth-order valence-corrected chi connectivity index (χ4v) is 1.25. The molecule has 1 atom stereocenters. The van der Waals surface area contributed by atoms with Gasteiger partial charge in [0.05, 0.1) is 19.5 Å². The van der Waals surface area contributed by atoms with Crippen LogP contribution in [0.3, 0.4) is 0 Å². The zero-order valence-electron chi connectivity index (χ0n) is 9.14. The molecule has 0 fully saturated rings. The van der Waals surface area contributed by atoms with E-state index in [0.29, 0.717) is 6.61 Å². The highest BCUT2D eigenvalue weighted by molar-refractivity contribution is 5.71. The first-order valence-corrected chi connectivity index (χ1v) is 5.07. The molecule has 5 nitrogen and oxygen atoms in total. The second-order valence-electron chi connectivity index (χ2n) is 3.35. The van der Waals surface area contributed by atoms with Gasteiger partial charge in [-0.3, -0.25) is 4.79 Å². The normalized spacial score (nSPS) is 12.4. The van der Waals surface area contributed by atoms with Crippen LogP contribution in [0.1, 0.15) is 13.8 Å². The van der Waals surface area contributed by atoms with Gasteiger partial charge in [0.15, 0.2) is 0 Å². The van der Waals surface area contributed by atoms with Gasteiger partial charge in [-0.15, -0.1) is 0 Å². The van der Waals surface area contributed by atoms with Gasteiger partial charge in [0.2, 0.25) is 0 Å². The minimum Gasteiger partial charge on any atom is -0.465 e. The quantitative estimate of drug-likeness (QED) is 0.693. The molecule has 0 saturated heterocycles. The Morgan fingerprint density at radius 3 is 3.07 bits per heavy atom. The van der Waals surface area contributed by atoms with E-state index < -0.39 is 0 Å². The number of esters is 1. The molecule has 0 amide bonds. The summed E-state index contributed by atoms with van der Waals surface area (Å²) < 4.78 is 6.77.